The molecule has 0 aliphatic carbocycles. The topological polar surface area (TPSA) is 35.6 Å². The molecule has 2 aliphatic heterocycles. The van der Waals surface area contributed by atoms with Gasteiger partial charge < -0.3 is 15.1 Å². The zero-order chi connectivity index (χ0) is 26.4. The molecule has 200 valence electrons. The van der Waals surface area contributed by atoms with Crippen LogP contribution in [0.5, 0.6) is 0 Å². The number of piperidine rings is 2. The number of urea groups is 1. The minimum Gasteiger partial charge on any atom is -0.324 e. The lowest BCUT2D eigenvalue weighted by Crippen LogP contribution is -2.50. The Morgan fingerprint density at radius 3 is 2.32 bits per heavy atom. The van der Waals surface area contributed by atoms with Crippen molar-refractivity contribution in [1.82, 2.24) is 9.80 Å². The highest BCUT2D eigenvalue weighted by molar-refractivity contribution is 6.42. The summed E-state index contributed by atoms with van der Waals surface area (Å²) < 4.78 is 0. The van der Waals surface area contributed by atoms with Gasteiger partial charge in [-0.25, -0.2) is 4.79 Å². The van der Waals surface area contributed by atoms with Crippen LogP contribution < -0.4 is 5.32 Å². The van der Waals surface area contributed by atoms with Crippen molar-refractivity contribution >= 4 is 34.9 Å². The van der Waals surface area contributed by atoms with Gasteiger partial charge in [-0.05, 0) is 99.5 Å². The summed E-state index contributed by atoms with van der Waals surface area (Å²) in [6.45, 7) is 4.81. The van der Waals surface area contributed by atoms with E-state index in [0.29, 0.717) is 22.5 Å². The van der Waals surface area contributed by atoms with E-state index in [0.717, 1.165) is 57.5 Å². The fourth-order valence-electron chi connectivity index (χ4n) is 6.30. The molecular weight excluding hydrogens is 513 g/mol. The number of hydrogen-bond acceptors (Lipinski definition) is 2. The van der Waals surface area contributed by atoms with E-state index in [9.17, 15) is 4.79 Å². The van der Waals surface area contributed by atoms with Gasteiger partial charge in [-0.3, -0.25) is 0 Å². The summed E-state index contributed by atoms with van der Waals surface area (Å²) in [4.78, 5) is 17.8. The summed E-state index contributed by atoms with van der Waals surface area (Å²) >= 11 is 12.8. The smallest absolute Gasteiger partial charge is 0.321 e. The van der Waals surface area contributed by atoms with Gasteiger partial charge in [0, 0.05) is 24.2 Å². The summed E-state index contributed by atoms with van der Waals surface area (Å²) in [7, 11) is 0. The molecule has 2 aliphatic rings. The number of anilines is 1. The standard InChI is InChI=1S/C32H37Cl2N3O/c33-29-14-13-27(23-30(29)34)32(18-8-20-37(24-32)31(38)35-28-11-5-2-6-12-28)17-7-19-36-21-15-26(16-22-36)25-9-3-1-4-10-25/h1-6,9-14,23,26H,7-8,15-22,24H2,(H,35,38). The average molecular weight is 551 g/mol. The third kappa shape index (κ3) is 6.54. The number of benzene rings is 3. The predicted molar refractivity (Wildman–Crippen MR) is 158 cm³/mol. The molecular formula is C32H37Cl2N3O. The molecule has 1 N–H and O–H groups in total. The molecule has 2 saturated heterocycles. The maximum absolute atomic E-state index is 13.2. The van der Waals surface area contributed by atoms with Crippen molar-refractivity contribution in [3.8, 4) is 0 Å². The Hall–Kier alpha value is -2.53. The van der Waals surface area contributed by atoms with Gasteiger partial charge in [-0.15, -0.1) is 0 Å². The molecule has 3 aromatic rings. The molecule has 4 nitrogen and oxygen atoms in total. The highest BCUT2D eigenvalue weighted by atomic mass is 35.5. The van der Waals surface area contributed by atoms with E-state index in [1.54, 1.807) is 0 Å². The van der Waals surface area contributed by atoms with Crippen molar-refractivity contribution < 1.29 is 4.79 Å². The molecule has 1 atom stereocenters. The third-order valence-electron chi connectivity index (χ3n) is 8.41. The van der Waals surface area contributed by atoms with Crippen LogP contribution in [0.1, 0.15) is 55.6 Å². The summed E-state index contributed by atoms with van der Waals surface area (Å²) in [6, 6.07) is 26.6. The molecule has 5 rings (SSSR count). The Morgan fingerprint density at radius 1 is 0.895 bits per heavy atom. The Bertz CT molecular complexity index is 1200. The van der Waals surface area contributed by atoms with Crippen LogP contribution in [-0.2, 0) is 5.41 Å². The van der Waals surface area contributed by atoms with Crippen LogP contribution in [0.15, 0.2) is 78.9 Å². The Morgan fingerprint density at radius 2 is 1.61 bits per heavy atom. The maximum Gasteiger partial charge on any atom is 0.321 e. The second-order valence-corrected chi connectivity index (χ2v) is 11.7. The van der Waals surface area contributed by atoms with Crippen LogP contribution >= 0.6 is 23.2 Å². The molecule has 6 heteroatoms. The number of halogens is 2. The van der Waals surface area contributed by atoms with E-state index in [1.807, 2.05) is 47.4 Å². The number of carbonyl (C=O) groups excluding carboxylic acids is 1. The Balaban J connectivity index is 1.24. The van der Waals surface area contributed by atoms with Crippen LogP contribution in [0.25, 0.3) is 0 Å². The summed E-state index contributed by atoms with van der Waals surface area (Å²) in [5.74, 6) is 0.671. The first-order valence-electron chi connectivity index (χ1n) is 13.9. The third-order valence-corrected chi connectivity index (χ3v) is 9.15. The highest BCUT2D eigenvalue weighted by Crippen LogP contribution is 2.41. The number of hydrogen-bond donors (Lipinski definition) is 1. The van der Waals surface area contributed by atoms with Gasteiger partial charge in [0.15, 0.2) is 0 Å². The summed E-state index contributed by atoms with van der Waals surface area (Å²) in [5, 5.41) is 4.23. The normalized spacial score (nSPS) is 20.8. The fourth-order valence-corrected chi connectivity index (χ4v) is 6.59. The van der Waals surface area contributed by atoms with Crippen molar-refractivity contribution in [2.75, 3.05) is 38.0 Å². The SMILES string of the molecule is O=C(Nc1ccccc1)N1CCCC(CCCN2CCC(c3ccccc3)CC2)(c2ccc(Cl)c(Cl)c2)C1. The van der Waals surface area contributed by atoms with E-state index in [4.69, 9.17) is 23.2 Å². The molecule has 3 aromatic carbocycles. The highest BCUT2D eigenvalue weighted by Gasteiger charge is 2.39. The van der Waals surface area contributed by atoms with Crippen LogP contribution in [0.2, 0.25) is 10.0 Å². The van der Waals surface area contributed by atoms with Crippen LogP contribution in [-0.4, -0.2) is 48.6 Å². The van der Waals surface area contributed by atoms with Gasteiger partial charge >= 0.3 is 6.03 Å². The van der Waals surface area contributed by atoms with Gasteiger partial charge in [0.05, 0.1) is 10.0 Å². The minimum absolute atomic E-state index is 0.0386. The number of carbonyl (C=O) groups is 1. The van der Waals surface area contributed by atoms with Crippen molar-refractivity contribution in [2.24, 2.45) is 0 Å². The maximum atomic E-state index is 13.2. The van der Waals surface area contributed by atoms with E-state index < -0.39 is 0 Å². The lowest BCUT2D eigenvalue weighted by Gasteiger charge is -2.44. The van der Waals surface area contributed by atoms with Crippen molar-refractivity contribution in [3.05, 3.63) is 100 Å². The van der Waals surface area contributed by atoms with Crippen LogP contribution in [0, 0.1) is 0 Å². The zero-order valence-corrected chi connectivity index (χ0v) is 23.4. The second kappa shape index (κ2) is 12.5. The summed E-state index contributed by atoms with van der Waals surface area (Å²) in [6.07, 6.45) is 6.54. The first kappa shape index (κ1) is 27.1. The average Bonchev–Trinajstić information content (AvgIpc) is 2.96. The number of rotatable bonds is 7. The molecule has 38 heavy (non-hydrogen) atoms. The van der Waals surface area contributed by atoms with Gasteiger partial charge in [0.1, 0.15) is 0 Å². The first-order chi connectivity index (χ1) is 18.5. The molecule has 0 bridgehead atoms. The number of nitrogens with zero attached hydrogens (tertiary/aromatic N) is 2. The van der Waals surface area contributed by atoms with E-state index >= 15 is 0 Å². The van der Waals surface area contributed by atoms with Gasteiger partial charge in [-0.1, -0.05) is 77.8 Å². The van der Waals surface area contributed by atoms with Crippen molar-refractivity contribution in [3.63, 3.8) is 0 Å². The van der Waals surface area contributed by atoms with Gasteiger partial charge in [-0.2, -0.15) is 0 Å². The van der Waals surface area contributed by atoms with Gasteiger partial charge in [0.2, 0.25) is 0 Å². The second-order valence-electron chi connectivity index (χ2n) is 10.9. The first-order valence-corrected chi connectivity index (χ1v) is 14.6. The molecule has 0 radical (unpaired) electrons. The zero-order valence-electron chi connectivity index (χ0n) is 21.9. The predicted octanol–water partition coefficient (Wildman–Crippen LogP) is 8.22. The van der Waals surface area contributed by atoms with E-state index in [1.165, 1.54) is 24.0 Å². The molecule has 2 heterocycles. The van der Waals surface area contributed by atoms with Gasteiger partial charge in [0.25, 0.3) is 0 Å². The Kier molecular flexibility index (Phi) is 8.93. The molecule has 0 spiro atoms. The molecule has 0 aromatic heterocycles. The van der Waals surface area contributed by atoms with E-state index in [2.05, 4.69) is 46.6 Å². The Labute approximate surface area is 236 Å². The lowest BCUT2D eigenvalue weighted by atomic mass is 9.71. The van der Waals surface area contributed by atoms with Crippen LogP contribution in [0.3, 0.4) is 0 Å². The molecule has 0 saturated carbocycles. The molecule has 2 amide bonds. The summed E-state index contributed by atoms with van der Waals surface area (Å²) in [5.41, 5.74) is 3.35. The quantitative estimate of drug-likeness (QED) is 0.322. The monoisotopic (exact) mass is 549 g/mol. The van der Waals surface area contributed by atoms with E-state index in [-0.39, 0.29) is 11.4 Å². The van der Waals surface area contributed by atoms with Crippen molar-refractivity contribution in [1.29, 1.82) is 0 Å². The number of nitrogens with one attached hydrogen (secondary N) is 1. The largest absolute Gasteiger partial charge is 0.324 e. The lowest BCUT2D eigenvalue weighted by molar-refractivity contribution is 0.145. The number of para-hydroxylation sites is 1. The number of likely N-dealkylation sites (tertiary alicyclic amines) is 2. The minimum atomic E-state index is -0.136. The number of amides is 2. The molecule has 1 unspecified atom stereocenters. The van der Waals surface area contributed by atoms with Crippen LogP contribution in [0.4, 0.5) is 10.5 Å². The molecule has 2 fully saturated rings. The fraction of sp³-hybridized carbons (Fsp3) is 0.406. The van der Waals surface area contributed by atoms with Crippen molar-refractivity contribution in [2.45, 2.75) is 49.9 Å².